The van der Waals surface area contributed by atoms with Crippen LogP contribution in [0.2, 0.25) is 0 Å². The SMILES string of the molecule is CCC(C)CS(=O)(=O)CCCC(C)=O. The van der Waals surface area contributed by atoms with Crippen molar-refractivity contribution in [2.45, 2.75) is 40.0 Å². The third-order valence-corrected chi connectivity index (χ3v) is 4.21. The third kappa shape index (κ3) is 7.06. The molecule has 0 aromatic rings. The zero-order valence-electron chi connectivity index (χ0n) is 9.25. The maximum Gasteiger partial charge on any atom is 0.150 e. The molecule has 0 N–H and O–H groups in total. The first-order chi connectivity index (χ1) is 6.37. The Morgan fingerprint density at radius 3 is 2.36 bits per heavy atom. The van der Waals surface area contributed by atoms with Gasteiger partial charge in [-0.2, -0.15) is 0 Å². The molecular formula is C10H20O3S. The molecule has 0 aromatic heterocycles. The van der Waals surface area contributed by atoms with Crippen LogP contribution in [-0.2, 0) is 14.6 Å². The Bertz CT molecular complexity index is 267. The van der Waals surface area contributed by atoms with Crippen molar-refractivity contribution in [1.29, 1.82) is 0 Å². The molecule has 0 spiro atoms. The molecule has 0 heterocycles. The number of ketones is 1. The van der Waals surface area contributed by atoms with Gasteiger partial charge in [-0.3, -0.25) is 0 Å². The molecule has 0 radical (unpaired) electrons. The Hall–Kier alpha value is -0.380. The van der Waals surface area contributed by atoms with Gasteiger partial charge in [0.25, 0.3) is 0 Å². The second-order valence-corrected chi connectivity index (χ2v) is 6.16. The lowest BCUT2D eigenvalue weighted by Gasteiger charge is -2.08. The van der Waals surface area contributed by atoms with Crippen LogP contribution in [0.5, 0.6) is 0 Å². The standard InChI is InChI=1S/C10H20O3S/c1-4-9(2)8-14(12,13)7-5-6-10(3)11/h9H,4-8H2,1-3H3. The fourth-order valence-electron chi connectivity index (χ4n) is 1.18. The van der Waals surface area contributed by atoms with Crippen LogP contribution in [0.15, 0.2) is 0 Å². The highest BCUT2D eigenvalue weighted by Gasteiger charge is 2.14. The molecule has 4 heteroatoms. The van der Waals surface area contributed by atoms with Gasteiger partial charge in [0, 0.05) is 6.42 Å². The van der Waals surface area contributed by atoms with Crippen molar-refractivity contribution in [3.05, 3.63) is 0 Å². The minimum atomic E-state index is -2.94. The van der Waals surface area contributed by atoms with E-state index in [1.54, 1.807) is 0 Å². The minimum absolute atomic E-state index is 0.0590. The summed E-state index contributed by atoms with van der Waals surface area (Å²) in [6.45, 7) is 5.40. The summed E-state index contributed by atoms with van der Waals surface area (Å²) in [5, 5.41) is 0. The number of sulfone groups is 1. The summed E-state index contributed by atoms with van der Waals surface area (Å²) in [4.78, 5) is 10.6. The van der Waals surface area contributed by atoms with Crippen molar-refractivity contribution in [3.63, 3.8) is 0 Å². The number of hydrogen-bond acceptors (Lipinski definition) is 3. The van der Waals surface area contributed by atoms with Gasteiger partial charge in [0.05, 0.1) is 11.5 Å². The lowest BCUT2D eigenvalue weighted by atomic mass is 10.2. The third-order valence-electron chi connectivity index (χ3n) is 2.22. The van der Waals surface area contributed by atoms with E-state index in [1.807, 2.05) is 13.8 Å². The molecule has 0 rings (SSSR count). The Labute approximate surface area is 86.8 Å². The molecule has 1 atom stereocenters. The van der Waals surface area contributed by atoms with Crippen molar-refractivity contribution >= 4 is 15.6 Å². The largest absolute Gasteiger partial charge is 0.300 e. The van der Waals surface area contributed by atoms with Gasteiger partial charge in [0.2, 0.25) is 0 Å². The van der Waals surface area contributed by atoms with E-state index < -0.39 is 9.84 Å². The van der Waals surface area contributed by atoms with E-state index in [0.29, 0.717) is 12.8 Å². The zero-order chi connectivity index (χ0) is 11.2. The van der Waals surface area contributed by atoms with Crippen molar-refractivity contribution in [2.75, 3.05) is 11.5 Å². The van der Waals surface area contributed by atoms with Gasteiger partial charge in [-0.15, -0.1) is 0 Å². The van der Waals surface area contributed by atoms with Crippen molar-refractivity contribution < 1.29 is 13.2 Å². The Balaban J connectivity index is 3.90. The molecule has 1 unspecified atom stereocenters. The highest BCUT2D eigenvalue weighted by Crippen LogP contribution is 2.07. The molecule has 0 aliphatic rings. The van der Waals surface area contributed by atoms with Crippen LogP contribution in [-0.4, -0.2) is 25.7 Å². The molecule has 84 valence electrons. The van der Waals surface area contributed by atoms with Crippen LogP contribution in [0.3, 0.4) is 0 Å². The highest BCUT2D eigenvalue weighted by atomic mass is 32.2. The number of carbonyl (C=O) groups excluding carboxylic acids is 1. The Morgan fingerprint density at radius 2 is 1.93 bits per heavy atom. The molecule has 0 amide bonds. The molecule has 3 nitrogen and oxygen atoms in total. The van der Waals surface area contributed by atoms with Gasteiger partial charge in [0.15, 0.2) is 9.84 Å². The van der Waals surface area contributed by atoms with E-state index in [1.165, 1.54) is 6.92 Å². The molecule has 14 heavy (non-hydrogen) atoms. The summed E-state index contributed by atoms with van der Waals surface area (Å²) >= 11 is 0. The normalized spacial score (nSPS) is 13.9. The summed E-state index contributed by atoms with van der Waals surface area (Å²) < 4.78 is 22.9. The quantitative estimate of drug-likeness (QED) is 0.657. The first-order valence-electron chi connectivity index (χ1n) is 5.07. The van der Waals surface area contributed by atoms with Crippen molar-refractivity contribution in [2.24, 2.45) is 5.92 Å². The van der Waals surface area contributed by atoms with Gasteiger partial charge in [-0.25, -0.2) is 8.42 Å². The molecule has 0 saturated heterocycles. The zero-order valence-corrected chi connectivity index (χ0v) is 10.1. The smallest absolute Gasteiger partial charge is 0.150 e. The molecule has 0 bridgehead atoms. The average molecular weight is 220 g/mol. The number of Topliss-reactive ketones (excluding diaryl/α,β-unsaturated/α-hetero) is 1. The van der Waals surface area contributed by atoms with E-state index >= 15 is 0 Å². The first kappa shape index (κ1) is 13.6. The number of carbonyl (C=O) groups is 1. The summed E-state index contributed by atoms with van der Waals surface area (Å²) in [5.74, 6) is 0.680. The van der Waals surface area contributed by atoms with Gasteiger partial charge in [-0.05, 0) is 19.3 Å². The predicted octanol–water partition coefficient (Wildman–Crippen LogP) is 1.82. The van der Waals surface area contributed by atoms with Gasteiger partial charge in [0.1, 0.15) is 5.78 Å². The number of hydrogen-bond donors (Lipinski definition) is 0. The second-order valence-electron chi connectivity index (χ2n) is 3.93. The number of rotatable bonds is 7. The summed E-state index contributed by atoms with van der Waals surface area (Å²) in [7, 11) is -2.94. The fraction of sp³-hybridized carbons (Fsp3) is 0.900. The van der Waals surface area contributed by atoms with E-state index in [2.05, 4.69) is 0 Å². The molecular weight excluding hydrogens is 200 g/mol. The van der Waals surface area contributed by atoms with Crippen LogP contribution in [0.25, 0.3) is 0 Å². The van der Waals surface area contributed by atoms with Crippen LogP contribution in [0.4, 0.5) is 0 Å². The van der Waals surface area contributed by atoms with Gasteiger partial charge in [-0.1, -0.05) is 20.3 Å². The Kier molecular flexibility index (Phi) is 6.00. The summed E-state index contributed by atoms with van der Waals surface area (Å²) in [6.07, 6.45) is 1.72. The fourth-order valence-corrected chi connectivity index (χ4v) is 3.03. The van der Waals surface area contributed by atoms with Gasteiger partial charge >= 0.3 is 0 Å². The maximum absolute atomic E-state index is 11.5. The highest BCUT2D eigenvalue weighted by molar-refractivity contribution is 7.91. The topological polar surface area (TPSA) is 51.2 Å². The Morgan fingerprint density at radius 1 is 1.36 bits per heavy atom. The van der Waals surface area contributed by atoms with E-state index in [9.17, 15) is 13.2 Å². The van der Waals surface area contributed by atoms with E-state index in [-0.39, 0.29) is 23.2 Å². The van der Waals surface area contributed by atoms with Crippen LogP contribution < -0.4 is 0 Å². The van der Waals surface area contributed by atoms with Gasteiger partial charge < -0.3 is 4.79 Å². The molecule has 0 aliphatic heterocycles. The van der Waals surface area contributed by atoms with Crippen LogP contribution in [0.1, 0.15) is 40.0 Å². The summed E-state index contributed by atoms with van der Waals surface area (Å²) in [6, 6.07) is 0. The maximum atomic E-state index is 11.5. The monoisotopic (exact) mass is 220 g/mol. The summed E-state index contributed by atoms with van der Waals surface area (Å²) in [5.41, 5.74) is 0. The first-order valence-corrected chi connectivity index (χ1v) is 6.89. The second kappa shape index (κ2) is 6.17. The molecule has 0 aliphatic carbocycles. The van der Waals surface area contributed by atoms with E-state index in [0.717, 1.165) is 6.42 Å². The van der Waals surface area contributed by atoms with Crippen LogP contribution in [0, 0.1) is 5.92 Å². The van der Waals surface area contributed by atoms with Crippen molar-refractivity contribution in [3.8, 4) is 0 Å². The lowest BCUT2D eigenvalue weighted by molar-refractivity contribution is -0.117. The van der Waals surface area contributed by atoms with E-state index in [4.69, 9.17) is 0 Å². The molecule has 0 fully saturated rings. The molecule has 0 aromatic carbocycles. The predicted molar refractivity (Wildman–Crippen MR) is 58.0 cm³/mol. The molecule has 0 saturated carbocycles. The average Bonchev–Trinajstić information content (AvgIpc) is 2.02. The van der Waals surface area contributed by atoms with Crippen molar-refractivity contribution in [1.82, 2.24) is 0 Å². The minimum Gasteiger partial charge on any atom is -0.300 e. The van der Waals surface area contributed by atoms with Crippen LogP contribution >= 0.6 is 0 Å². The lowest BCUT2D eigenvalue weighted by Crippen LogP contribution is -2.17.